The molecule has 3 nitrogen and oxygen atoms in total. The standard InChI is InChI=1S/C11H22N2O/c1-7(2)9-5-4-8(3)10(6-9)13-11(12)14/h7-10H,4-6H2,1-3H3,(H3,12,13,14)/t8-,9-,10+/m1/s1. The lowest BCUT2D eigenvalue weighted by atomic mass is 9.75. The van der Waals surface area contributed by atoms with Crippen LogP contribution >= 0.6 is 0 Å². The fourth-order valence-corrected chi connectivity index (χ4v) is 2.34. The summed E-state index contributed by atoms with van der Waals surface area (Å²) in [6.07, 6.45) is 3.57. The zero-order valence-electron chi connectivity index (χ0n) is 9.42. The zero-order chi connectivity index (χ0) is 10.7. The Morgan fingerprint density at radius 3 is 2.57 bits per heavy atom. The van der Waals surface area contributed by atoms with Crippen molar-refractivity contribution in [2.24, 2.45) is 23.5 Å². The molecule has 14 heavy (non-hydrogen) atoms. The van der Waals surface area contributed by atoms with E-state index in [1.807, 2.05) is 0 Å². The summed E-state index contributed by atoms with van der Waals surface area (Å²) < 4.78 is 0. The number of hydrogen-bond donors (Lipinski definition) is 2. The first-order chi connectivity index (χ1) is 6.50. The van der Waals surface area contributed by atoms with Crippen molar-refractivity contribution in [1.82, 2.24) is 5.32 Å². The molecule has 0 unspecified atom stereocenters. The monoisotopic (exact) mass is 198 g/mol. The lowest BCUT2D eigenvalue weighted by Gasteiger charge is -2.36. The van der Waals surface area contributed by atoms with E-state index >= 15 is 0 Å². The topological polar surface area (TPSA) is 55.1 Å². The normalized spacial score (nSPS) is 33.0. The Morgan fingerprint density at radius 2 is 2.07 bits per heavy atom. The van der Waals surface area contributed by atoms with Crippen molar-refractivity contribution < 1.29 is 4.79 Å². The van der Waals surface area contributed by atoms with Gasteiger partial charge in [-0.05, 0) is 37.0 Å². The maximum absolute atomic E-state index is 10.8. The van der Waals surface area contributed by atoms with Gasteiger partial charge in [-0.15, -0.1) is 0 Å². The van der Waals surface area contributed by atoms with E-state index in [2.05, 4.69) is 26.1 Å². The van der Waals surface area contributed by atoms with E-state index in [1.54, 1.807) is 0 Å². The number of urea groups is 1. The number of amides is 2. The molecule has 0 radical (unpaired) electrons. The first-order valence-corrected chi connectivity index (χ1v) is 5.56. The van der Waals surface area contributed by atoms with Crippen molar-refractivity contribution in [1.29, 1.82) is 0 Å². The van der Waals surface area contributed by atoms with Gasteiger partial charge in [0.25, 0.3) is 0 Å². The average Bonchev–Trinajstić information content (AvgIpc) is 2.07. The van der Waals surface area contributed by atoms with E-state index in [4.69, 9.17) is 5.73 Å². The Labute approximate surface area is 86.4 Å². The van der Waals surface area contributed by atoms with Crippen LogP contribution in [0.15, 0.2) is 0 Å². The molecule has 2 amide bonds. The Morgan fingerprint density at radius 1 is 1.43 bits per heavy atom. The summed E-state index contributed by atoms with van der Waals surface area (Å²) in [5.74, 6) is 2.01. The van der Waals surface area contributed by atoms with Gasteiger partial charge in [-0.2, -0.15) is 0 Å². The molecule has 0 aromatic rings. The minimum absolute atomic E-state index is 0.286. The highest BCUT2D eigenvalue weighted by molar-refractivity contribution is 5.72. The number of carbonyl (C=O) groups excluding carboxylic acids is 1. The van der Waals surface area contributed by atoms with Gasteiger partial charge < -0.3 is 11.1 Å². The molecule has 0 saturated heterocycles. The van der Waals surface area contributed by atoms with Gasteiger partial charge in [0.15, 0.2) is 0 Å². The summed E-state index contributed by atoms with van der Waals surface area (Å²) >= 11 is 0. The first kappa shape index (κ1) is 11.3. The molecule has 1 aliphatic carbocycles. The van der Waals surface area contributed by atoms with Gasteiger partial charge in [-0.3, -0.25) is 0 Å². The van der Waals surface area contributed by atoms with Crippen molar-refractivity contribution in [3.63, 3.8) is 0 Å². The maximum atomic E-state index is 10.8. The third kappa shape index (κ3) is 2.89. The Bertz CT molecular complexity index is 203. The summed E-state index contributed by atoms with van der Waals surface area (Å²) in [7, 11) is 0. The highest BCUT2D eigenvalue weighted by atomic mass is 16.2. The van der Waals surface area contributed by atoms with Crippen LogP contribution in [0.25, 0.3) is 0 Å². The molecular formula is C11H22N2O. The van der Waals surface area contributed by atoms with Gasteiger partial charge in [0.1, 0.15) is 0 Å². The molecular weight excluding hydrogens is 176 g/mol. The molecule has 0 aromatic heterocycles. The summed E-state index contributed by atoms with van der Waals surface area (Å²) in [6, 6.07) is -0.0973. The molecule has 3 N–H and O–H groups in total. The van der Waals surface area contributed by atoms with Gasteiger partial charge in [0.2, 0.25) is 0 Å². The first-order valence-electron chi connectivity index (χ1n) is 5.56. The van der Waals surface area contributed by atoms with Gasteiger partial charge in [0, 0.05) is 6.04 Å². The molecule has 0 aromatic carbocycles. The molecule has 3 heteroatoms. The average molecular weight is 198 g/mol. The van der Waals surface area contributed by atoms with E-state index < -0.39 is 0 Å². The Kier molecular flexibility index (Phi) is 3.78. The quantitative estimate of drug-likeness (QED) is 0.701. The SMILES string of the molecule is CC(C)[C@@H]1CC[C@@H](C)[C@@H](NC(N)=O)C1. The number of nitrogens with one attached hydrogen (secondary N) is 1. The van der Waals surface area contributed by atoms with Gasteiger partial charge in [-0.1, -0.05) is 20.8 Å². The van der Waals surface area contributed by atoms with Crippen molar-refractivity contribution in [2.45, 2.75) is 46.1 Å². The van der Waals surface area contributed by atoms with E-state index in [1.165, 1.54) is 12.8 Å². The van der Waals surface area contributed by atoms with E-state index in [9.17, 15) is 4.79 Å². The second-order valence-corrected chi connectivity index (χ2v) is 4.91. The summed E-state index contributed by atoms with van der Waals surface area (Å²) in [5, 5.41) is 2.86. The smallest absolute Gasteiger partial charge is 0.312 e. The summed E-state index contributed by atoms with van der Waals surface area (Å²) in [6.45, 7) is 6.70. The molecule has 1 saturated carbocycles. The van der Waals surface area contributed by atoms with Gasteiger partial charge in [0.05, 0.1) is 0 Å². The van der Waals surface area contributed by atoms with Crippen molar-refractivity contribution in [2.75, 3.05) is 0 Å². The maximum Gasteiger partial charge on any atom is 0.312 e. The van der Waals surface area contributed by atoms with Gasteiger partial charge >= 0.3 is 6.03 Å². The number of rotatable bonds is 2. The van der Waals surface area contributed by atoms with E-state index in [0.717, 1.165) is 12.3 Å². The summed E-state index contributed by atoms with van der Waals surface area (Å²) in [5.41, 5.74) is 5.16. The third-order valence-electron chi connectivity index (χ3n) is 3.51. The van der Waals surface area contributed by atoms with Crippen LogP contribution in [0.5, 0.6) is 0 Å². The Hall–Kier alpha value is -0.730. The molecule has 0 spiro atoms. The lowest BCUT2D eigenvalue weighted by Crippen LogP contribution is -2.46. The van der Waals surface area contributed by atoms with Crippen LogP contribution in [0.3, 0.4) is 0 Å². The van der Waals surface area contributed by atoms with Crippen LogP contribution in [0, 0.1) is 17.8 Å². The van der Waals surface area contributed by atoms with Crippen LogP contribution in [0.2, 0.25) is 0 Å². The molecule has 1 rings (SSSR count). The number of carbonyl (C=O) groups is 1. The number of nitrogens with two attached hydrogens (primary N) is 1. The second kappa shape index (κ2) is 4.67. The van der Waals surface area contributed by atoms with Crippen LogP contribution in [0.4, 0.5) is 4.79 Å². The van der Waals surface area contributed by atoms with E-state index in [0.29, 0.717) is 11.8 Å². The molecule has 3 atom stereocenters. The minimum atomic E-state index is -0.383. The largest absolute Gasteiger partial charge is 0.352 e. The fourth-order valence-electron chi connectivity index (χ4n) is 2.34. The number of primary amides is 1. The van der Waals surface area contributed by atoms with Crippen molar-refractivity contribution >= 4 is 6.03 Å². The highest BCUT2D eigenvalue weighted by Crippen LogP contribution is 2.33. The van der Waals surface area contributed by atoms with Crippen LogP contribution < -0.4 is 11.1 Å². The lowest BCUT2D eigenvalue weighted by molar-refractivity contribution is 0.180. The molecule has 82 valence electrons. The predicted octanol–water partition coefficient (Wildman–Crippen LogP) is 2.12. The fraction of sp³-hybridized carbons (Fsp3) is 0.909. The Balaban J connectivity index is 2.50. The highest BCUT2D eigenvalue weighted by Gasteiger charge is 2.29. The second-order valence-electron chi connectivity index (χ2n) is 4.91. The van der Waals surface area contributed by atoms with E-state index in [-0.39, 0.29) is 12.1 Å². The van der Waals surface area contributed by atoms with Gasteiger partial charge in [-0.25, -0.2) is 4.79 Å². The van der Waals surface area contributed by atoms with Crippen molar-refractivity contribution in [3.05, 3.63) is 0 Å². The molecule has 1 fully saturated rings. The van der Waals surface area contributed by atoms with Crippen LogP contribution in [0.1, 0.15) is 40.0 Å². The molecule has 1 aliphatic rings. The van der Waals surface area contributed by atoms with Crippen LogP contribution in [-0.4, -0.2) is 12.1 Å². The molecule has 0 heterocycles. The van der Waals surface area contributed by atoms with Crippen molar-refractivity contribution in [3.8, 4) is 0 Å². The third-order valence-corrected chi connectivity index (χ3v) is 3.51. The summed E-state index contributed by atoms with van der Waals surface area (Å²) in [4.78, 5) is 10.8. The predicted molar refractivity (Wildman–Crippen MR) is 57.9 cm³/mol. The zero-order valence-corrected chi connectivity index (χ0v) is 9.42. The molecule has 0 bridgehead atoms. The van der Waals surface area contributed by atoms with Crippen LogP contribution in [-0.2, 0) is 0 Å². The number of hydrogen-bond acceptors (Lipinski definition) is 1. The minimum Gasteiger partial charge on any atom is -0.352 e. The molecule has 0 aliphatic heterocycles.